The Morgan fingerprint density at radius 3 is 1.23 bits per heavy atom. The van der Waals surface area contributed by atoms with E-state index in [1.165, 1.54) is 28.4 Å². The van der Waals surface area contributed by atoms with Crippen molar-refractivity contribution in [3.05, 3.63) is 132 Å². The van der Waals surface area contributed by atoms with Gasteiger partial charge in [-0.05, 0) is 175 Å². The quantitative estimate of drug-likeness (QED) is 0.0240. The molecule has 0 spiro atoms. The van der Waals surface area contributed by atoms with Gasteiger partial charge in [0.15, 0.2) is 0 Å². The Balaban J connectivity index is 0.000000191. The summed E-state index contributed by atoms with van der Waals surface area (Å²) in [5, 5.41) is 23.2. The van der Waals surface area contributed by atoms with Crippen LogP contribution in [0, 0.1) is 47.3 Å². The molecule has 6 aliphatic heterocycles. The summed E-state index contributed by atoms with van der Waals surface area (Å²) in [6.07, 6.45) is 5.70. The SMILES string of the molecule is CCC(C)[C@H](NC(=O)OC)C(=O)N1C[C@@H](C)CC1c1ncc(-c2ccc3c(c2)COc2cc4c(ccc5[nH]c([C@@H]6C[C@H](COC)CN6C(=O)C(NC(=O)OC)C(C)C)nc54)cc2-3)[nH]1.CCC(C)[C@H](NC(=O)OC)C(=O)N1C[C@@H](C)CC1c1ncc(-c2ccc3c(c2)COc2cc4c(ccc5[nH]c([C@@H]6C[C@H](COC)CN6C(=O)OC(C)(C)C)nc54)cc2-3)[nH]1.CCC(C)[C@H](NC(=O)OC)C(=O)O. The summed E-state index contributed by atoms with van der Waals surface area (Å²) in [6, 6.07) is 25.2. The van der Waals surface area contributed by atoms with Crippen LogP contribution in [0.4, 0.5) is 24.0 Å². The van der Waals surface area contributed by atoms with Gasteiger partial charge in [-0.1, -0.05) is 125 Å². The lowest BCUT2D eigenvalue weighted by Crippen LogP contribution is -2.51. The van der Waals surface area contributed by atoms with Crippen molar-refractivity contribution in [2.24, 2.45) is 47.3 Å². The molecule has 0 radical (unpaired) electrons. The smallest absolute Gasteiger partial charge is 0.410 e. The maximum Gasteiger partial charge on any atom is 0.410 e. The minimum absolute atomic E-state index is 0.0690. The predicted molar refractivity (Wildman–Crippen MR) is 507 cm³/mol. The Kier molecular flexibility index (Phi) is 30.4. The minimum Gasteiger partial charge on any atom is -0.488 e. The second-order valence-electron chi connectivity index (χ2n) is 38.1. The van der Waals surface area contributed by atoms with Crippen molar-refractivity contribution in [3.63, 3.8) is 0 Å². The number of fused-ring (bicyclic) bond motifs is 12. The van der Waals surface area contributed by atoms with E-state index in [0.29, 0.717) is 77.1 Å². The monoisotopic (exact) mass is 1860 g/mol. The molecule has 0 saturated carbocycles. The fourth-order valence-corrected chi connectivity index (χ4v) is 19.4. The van der Waals surface area contributed by atoms with Gasteiger partial charge < -0.3 is 104 Å². The topological polar surface area (TPSA) is 433 Å². The van der Waals surface area contributed by atoms with E-state index in [-0.39, 0.29) is 95.3 Å². The molecule has 35 heteroatoms. The molecule has 16 rings (SSSR count). The number of amides is 8. The molecule has 6 aromatic carbocycles. The summed E-state index contributed by atoms with van der Waals surface area (Å²) in [7, 11) is 8.44. The molecular formula is C100H128N16O19. The van der Waals surface area contributed by atoms with Crippen molar-refractivity contribution < 1.29 is 90.9 Å². The highest BCUT2D eigenvalue weighted by Crippen LogP contribution is 2.48. The first-order valence-electron chi connectivity index (χ1n) is 46.6. The van der Waals surface area contributed by atoms with E-state index in [4.69, 9.17) is 62.9 Å². The van der Waals surface area contributed by atoms with Crippen molar-refractivity contribution in [2.45, 2.75) is 202 Å². The fraction of sp³-hybridized carbons (Fsp3) is 0.510. The Hall–Kier alpha value is -13.1. The number of H-pyrrole nitrogens is 4. The number of nitrogens with one attached hydrogen (secondary N) is 8. The lowest BCUT2D eigenvalue weighted by Gasteiger charge is -2.30. The van der Waals surface area contributed by atoms with Gasteiger partial charge in [-0.25, -0.2) is 48.7 Å². The zero-order valence-corrected chi connectivity index (χ0v) is 80.5. The van der Waals surface area contributed by atoms with Gasteiger partial charge in [-0.2, -0.15) is 0 Å². The number of rotatable bonds is 25. The molecule has 6 unspecified atom stereocenters. The standard InChI is InChI=1S/C47H58N8O8.C45H55N7O7.C8H15NO4/c1-9-26(5)40(53-47(59)62-8)45(57)54-20-25(4)14-36(54)42-48-19-35(50-42)29-10-12-31-30(16-29)23-63-38-18-32-28(17-33(31)38)11-13-34-41(32)51-43(49-34)37-15-27(22-60-6)21-55(37)44(56)39(24(2)3)52-46(58)61-7;1-9-25(3)38(50-43(54)57-8)42(53)51-20-24(2)14-35(51)40-46-19-34(48-40)28-10-12-30-29(16-28)23-58-37-18-31-27(17-32(30)37)11-13-33-39(31)49-41(47-33)36-15-26(22-56-7)21-52(36)44(55)59-45(4,5)6;1-4-5(2)6(7(10)11)9-8(12)13-3/h10-13,16-19,24-27,36-37,39-40H,9,14-15,20-23H2,1-8H3,(H,48,50)(H,49,51)(H,52,58)(H,53,59);10-13,16-19,24-26,35-36,38H,9,14-15,20-23H2,1-8H3,(H,46,48)(H,47,49)(H,50,54);5-6H,4H2,1-3H3,(H,9,12)(H,10,11)/t25-,26?,27-,36?,37-,39?,40-;24-,25?,26-,35?,36-,38-;5?,6-/m000/s1. The number of carbonyl (C=O) groups excluding carboxylic acids is 8. The fourth-order valence-electron chi connectivity index (χ4n) is 19.4. The second-order valence-corrected chi connectivity index (χ2v) is 38.1. The summed E-state index contributed by atoms with van der Waals surface area (Å²) in [4.78, 5) is 155. The number of ether oxygens (including phenoxy) is 9. The Labute approximate surface area is 785 Å². The zero-order valence-electron chi connectivity index (χ0n) is 80.5. The number of alkyl carbamates (subject to hydrolysis) is 4. The number of benzene rings is 6. The molecule has 9 N–H and O–H groups in total. The van der Waals surface area contributed by atoms with Crippen molar-refractivity contribution in [1.29, 1.82) is 0 Å². The Morgan fingerprint density at radius 1 is 0.459 bits per heavy atom. The van der Waals surface area contributed by atoms with Crippen LogP contribution in [0.2, 0.25) is 0 Å². The molecule has 4 saturated heterocycles. The number of aromatic nitrogens is 8. The van der Waals surface area contributed by atoms with E-state index in [2.05, 4.69) is 133 Å². The third-order valence-electron chi connectivity index (χ3n) is 27.1. The van der Waals surface area contributed by atoms with E-state index in [9.17, 15) is 43.2 Å². The summed E-state index contributed by atoms with van der Waals surface area (Å²) in [5.74, 6) is 3.24. The number of methoxy groups -OCH3 is 6. The van der Waals surface area contributed by atoms with Gasteiger partial charge in [0.1, 0.15) is 77.8 Å². The first kappa shape index (κ1) is 98.0. The summed E-state index contributed by atoms with van der Waals surface area (Å²) >= 11 is 0. The molecule has 8 amide bonds. The third-order valence-corrected chi connectivity index (χ3v) is 27.1. The van der Waals surface area contributed by atoms with Crippen LogP contribution in [0.5, 0.6) is 11.5 Å². The normalized spacial score (nSPS) is 20.4. The molecule has 10 aromatic rings. The van der Waals surface area contributed by atoms with E-state index in [1.54, 1.807) is 26.0 Å². The molecule has 722 valence electrons. The first-order chi connectivity index (χ1) is 64.6. The summed E-state index contributed by atoms with van der Waals surface area (Å²) < 4.78 is 48.5. The van der Waals surface area contributed by atoms with Crippen LogP contribution in [0.15, 0.2) is 97.3 Å². The van der Waals surface area contributed by atoms with Gasteiger partial charge in [-0.15, -0.1) is 0 Å². The van der Waals surface area contributed by atoms with Crippen molar-refractivity contribution in [3.8, 4) is 56.3 Å². The van der Waals surface area contributed by atoms with Gasteiger partial charge in [-0.3, -0.25) is 19.3 Å². The Bertz CT molecular complexity index is 6030. The summed E-state index contributed by atoms with van der Waals surface area (Å²) in [5.41, 5.74) is 12.6. The molecule has 135 heavy (non-hydrogen) atoms. The number of hydrogen-bond donors (Lipinski definition) is 9. The number of carbonyl (C=O) groups is 9. The van der Waals surface area contributed by atoms with Crippen molar-refractivity contribution in [1.82, 2.24) is 80.7 Å². The molecule has 4 aromatic heterocycles. The molecule has 4 fully saturated rings. The number of aromatic amines is 4. The van der Waals surface area contributed by atoms with E-state index in [0.717, 1.165) is 155 Å². The van der Waals surface area contributed by atoms with Crippen LogP contribution < -0.4 is 30.7 Å². The van der Waals surface area contributed by atoms with E-state index < -0.39 is 60.1 Å². The van der Waals surface area contributed by atoms with Gasteiger partial charge in [0.25, 0.3) is 0 Å². The number of carboxylic acid groups (broad SMARTS) is 1. The van der Waals surface area contributed by atoms with Crippen LogP contribution in [0.25, 0.3) is 88.4 Å². The number of nitrogens with zero attached hydrogens (tertiary/aromatic N) is 8. The van der Waals surface area contributed by atoms with Crippen LogP contribution in [-0.2, 0) is 65.5 Å². The third kappa shape index (κ3) is 21.2. The highest BCUT2D eigenvalue weighted by atomic mass is 16.6. The minimum atomic E-state index is -1.04. The maximum atomic E-state index is 14.1. The van der Waals surface area contributed by atoms with Crippen LogP contribution in [0.1, 0.15) is 194 Å². The summed E-state index contributed by atoms with van der Waals surface area (Å²) in [6.45, 7) is 29.2. The van der Waals surface area contributed by atoms with Crippen molar-refractivity contribution >= 4 is 97.8 Å². The van der Waals surface area contributed by atoms with Crippen LogP contribution >= 0.6 is 0 Å². The largest absolute Gasteiger partial charge is 0.488 e. The molecule has 15 atom stereocenters. The molecule has 0 aliphatic carbocycles. The number of hydrogen-bond acceptors (Lipinski definition) is 22. The second kappa shape index (κ2) is 41.8. The lowest BCUT2D eigenvalue weighted by molar-refractivity contribution is -0.141. The molecule has 10 heterocycles. The molecule has 6 aliphatic rings. The maximum absolute atomic E-state index is 14.1. The number of likely N-dealkylation sites (tertiary alicyclic amines) is 4. The highest BCUT2D eigenvalue weighted by Gasteiger charge is 2.47. The Morgan fingerprint density at radius 2 is 0.837 bits per heavy atom. The van der Waals surface area contributed by atoms with E-state index >= 15 is 0 Å². The highest BCUT2D eigenvalue weighted by molar-refractivity contribution is 6.08. The van der Waals surface area contributed by atoms with Gasteiger partial charge >= 0.3 is 36.4 Å². The molecular weight excluding hydrogens is 1730 g/mol. The molecule has 35 nitrogen and oxygen atoms in total. The molecule has 0 bridgehead atoms. The van der Waals surface area contributed by atoms with Crippen molar-refractivity contribution in [2.75, 3.05) is 82.1 Å². The predicted octanol–water partition coefficient (Wildman–Crippen LogP) is 16.4. The zero-order chi connectivity index (χ0) is 96.9. The number of aliphatic carboxylic acids is 1. The van der Waals surface area contributed by atoms with Crippen LogP contribution in [0.3, 0.4) is 0 Å². The average Bonchev–Trinajstić information content (AvgIpc) is 1.65. The van der Waals surface area contributed by atoms with Crippen LogP contribution in [-0.4, -0.2) is 231 Å². The number of carboxylic acids is 1. The number of imidazole rings is 4. The van der Waals surface area contributed by atoms with Gasteiger partial charge in [0.2, 0.25) is 17.7 Å². The lowest BCUT2D eigenvalue weighted by atomic mass is 9.92. The van der Waals surface area contributed by atoms with Gasteiger partial charge in [0.05, 0.1) is 112 Å². The van der Waals surface area contributed by atoms with E-state index in [1.807, 2.05) is 108 Å². The van der Waals surface area contributed by atoms with Gasteiger partial charge in [0, 0.05) is 74.1 Å². The average molecular weight is 1860 g/mol. The first-order valence-corrected chi connectivity index (χ1v) is 46.6.